The van der Waals surface area contributed by atoms with Crippen LogP contribution >= 0.6 is 11.8 Å². The number of thioether (sulfide) groups is 1. The molecular formula is C22H27NS. The van der Waals surface area contributed by atoms with Gasteiger partial charge in [0.1, 0.15) is 0 Å². The summed E-state index contributed by atoms with van der Waals surface area (Å²) < 4.78 is 0.317. The standard InChI is InChI=1S/C22H27NS/c1-21(2)17-11-7-8-12-19(17)23-20-15-22(3,14-13-18(20)21)24-16-9-5-4-6-10-16/h4-12,18,20,23H,13-15H2,1-3H3/t18-,20+,22+/m1/s1. The zero-order chi connectivity index (χ0) is 16.8. The van der Waals surface area contributed by atoms with Crippen molar-refractivity contribution in [3.63, 3.8) is 0 Å². The Labute approximate surface area is 150 Å². The van der Waals surface area contributed by atoms with Crippen LogP contribution in [0.3, 0.4) is 0 Å². The molecule has 0 spiro atoms. The van der Waals surface area contributed by atoms with E-state index in [4.69, 9.17) is 0 Å². The van der Waals surface area contributed by atoms with Crippen LogP contribution in [0.15, 0.2) is 59.5 Å². The molecule has 1 heterocycles. The van der Waals surface area contributed by atoms with Gasteiger partial charge >= 0.3 is 0 Å². The molecule has 3 atom stereocenters. The van der Waals surface area contributed by atoms with Gasteiger partial charge in [-0.3, -0.25) is 0 Å². The SMILES string of the molecule is CC1(C)c2ccccc2N[C@H]2C[C@@](C)(Sc3ccccc3)CC[C@H]21. The van der Waals surface area contributed by atoms with E-state index >= 15 is 0 Å². The minimum atomic E-state index is 0.255. The maximum atomic E-state index is 3.88. The molecule has 1 nitrogen and oxygen atoms in total. The monoisotopic (exact) mass is 337 g/mol. The molecule has 0 aromatic heterocycles. The first kappa shape index (κ1) is 16.1. The summed E-state index contributed by atoms with van der Waals surface area (Å²) in [6, 6.07) is 20.4. The molecule has 0 unspecified atom stereocenters. The summed E-state index contributed by atoms with van der Waals surface area (Å²) in [5, 5.41) is 3.88. The zero-order valence-corrected chi connectivity index (χ0v) is 15.7. The molecule has 0 radical (unpaired) electrons. The summed E-state index contributed by atoms with van der Waals surface area (Å²) in [5.74, 6) is 0.719. The van der Waals surface area contributed by atoms with Crippen molar-refractivity contribution in [3.8, 4) is 0 Å². The van der Waals surface area contributed by atoms with Gasteiger partial charge in [0, 0.05) is 21.4 Å². The summed E-state index contributed by atoms with van der Waals surface area (Å²) in [5.41, 5.74) is 3.09. The maximum Gasteiger partial charge on any atom is 0.0380 e. The molecule has 2 heteroatoms. The average molecular weight is 338 g/mol. The molecule has 126 valence electrons. The molecule has 0 amide bonds. The van der Waals surface area contributed by atoms with Gasteiger partial charge in [0.05, 0.1) is 0 Å². The second-order valence-corrected chi connectivity index (χ2v) is 9.89. The predicted octanol–water partition coefficient (Wildman–Crippen LogP) is 6.11. The molecule has 0 saturated heterocycles. The number of hydrogen-bond acceptors (Lipinski definition) is 2. The number of benzene rings is 2. The normalized spacial score (nSPS) is 30.8. The molecular weight excluding hydrogens is 310 g/mol. The van der Waals surface area contributed by atoms with Gasteiger partial charge in [-0.2, -0.15) is 0 Å². The molecule has 2 aromatic carbocycles. The summed E-state index contributed by atoms with van der Waals surface area (Å²) in [7, 11) is 0. The van der Waals surface area contributed by atoms with Crippen LogP contribution in [0.5, 0.6) is 0 Å². The van der Waals surface area contributed by atoms with Gasteiger partial charge in [-0.25, -0.2) is 0 Å². The zero-order valence-electron chi connectivity index (χ0n) is 14.9. The number of fused-ring (bicyclic) bond motifs is 2. The third-order valence-electron chi connectivity index (χ3n) is 6.12. The Kier molecular flexibility index (Phi) is 3.91. The highest BCUT2D eigenvalue weighted by atomic mass is 32.2. The average Bonchev–Trinajstić information content (AvgIpc) is 2.55. The highest BCUT2D eigenvalue weighted by Gasteiger charge is 2.48. The van der Waals surface area contributed by atoms with Crippen LogP contribution in [0.25, 0.3) is 0 Å². The van der Waals surface area contributed by atoms with Gasteiger partial charge < -0.3 is 5.32 Å². The Morgan fingerprint density at radius 3 is 2.46 bits per heavy atom. The van der Waals surface area contributed by atoms with Crippen molar-refractivity contribution < 1.29 is 0 Å². The van der Waals surface area contributed by atoms with E-state index in [2.05, 4.69) is 92.4 Å². The molecule has 1 fully saturated rings. The minimum absolute atomic E-state index is 0.255. The molecule has 2 aromatic rings. The van der Waals surface area contributed by atoms with Crippen molar-refractivity contribution >= 4 is 17.4 Å². The Morgan fingerprint density at radius 2 is 1.67 bits per heavy atom. The Balaban J connectivity index is 1.60. The molecule has 1 N–H and O–H groups in total. The number of hydrogen-bond donors (Lipinski definition) is 1. The summed E-state index contributed by atoms with van der Waals surface area (Å²) in [6.07, 6.45) is 3.82. The van der Waals surface area contributed by atoms with E-state index in [0.29, 0.717) is 10.8 Å². The lowest BCUT2D eigenvalue weighted by molar-refractivity contribution is 0.186. The first-order valence-electron chi connectivity index (χ1n) is 9.08. The highest BCUT2D eigenvalue weighted by Crippen LogP contribution is 2.53. The first-order valence-corrected chi connectivity index (χ1v) is 9.90. The Hall–Kier alpha value is -1.41. The maximum absolute atomic E-state index is 3.88. The highest BCUT2D eigenvalue weighted by molar-refractivity contribution is 8.00. The van der Waals surface area contributed by atoms with E-state index in [9.17, 15) is 0 Å². The second kappa shape index (κ2) is 5.84. The first-order chi connectivity index (χ1) is 11.5. The molecule has 1 aliphatic carbocycles. The van der Waals surface area contributed by atoms with Crippen molar-refractivity contribution in [2.24, 2.45) is 5.92 Å². The predicted molar refractivity (Wildman–Crippen MR) is 105 cm³/mol. The van der Waals surface area contributed by atoms with Gasteiger partial charge in [0.25, 0.3) is 0 Å². The Morgan fingerprint density at radius 1 is 0.958 bits per heavy atom. The molecule has 1 aliphatic heterocycles. The van der Waals surface area contributed by atoms with E-state index in [0.717, 1.165) is 5.92 Å². The second-order valence-electron chi connectivity index (χ2n) is 8.23. The lowest BCUT2D eigenvalue weighted by Gasteiger charge is -2.52. The summed E-state index contributed by atoms with van der Waals surface area (Å²) >= 11 is 2.06. The van der Waals surface area contributed by atoms with Gasteiger partial charge in [0.2, 0.25) is 0 Å². The van der Waals surface area contributed by atoms with E-state index in [-0.39, 0.29) is 5.41 Å². The molecule has 24 heavy (non-hydrogen) atoms. The molecule has 1 saturated carbocycles. The third kappa shape index (κ3) is 2.75. The van der Waals surface area contributed by atoms with Gasteiger partial charge in [0.15, 0.2) is 0 Å². The van der Waals surface area contributed by atoms with Crippen molar-refractivity contribution in [1.82, 2.24) is 0 Å². The third-order valence-corrected chi connectivity index (χ3v) is 7.49. The van der Waals surface area contributed by atoms with E-state index in [1.807, 2.05) is 0 Å². The molecule has 0 bridgehead atoms. The fourth-order valence-corrected chi connectivity index (χ4v) is 6.17. The minimum Gasteiger partial charge on any atom is -0.382 e. The van der Waals surface area contributed by atoms with Crippen LogP contribution in [-0.4, -0.2) is 10.8 Å². The molecule has 4 rings (SSSR count). The van der Waals surface area contributed by atoms with Crippen LogP contribution in [0.2, 0.25) is 0 Å². The number of para-hydroxylation sites is 1. The van der Waals surface area contributed by atoms with Crippen molar-refractivity contribution in [2.75, 3.05) is 5.32 Å². The molecule has 2 aliphatic rings. The van der Waals surface area contributed by atoms with Crippen LogP contribution < -0.4 is 5.32 Å². The smallest absolute Gasteiger partial charge is 0.0380 e. The van der Waals surface area contributed by atoms with Crippen LogP contribution in [0.4, 0.5) is 5.69 Å². The van der Waals surface area contributed by atoms with E-state index in [1.165, 1.54) is 35.4 Å². The van der Waals surface area contributed by atoms with Gasteiger partial charge in [-0.05, 0) is 54.4 Å². The van der Waals surface area contributed by atoms with Crippen molar-refractivity contribution in [1.29, 1.82) is 0 Å². The number of nitrogens with one attached hydrogen (secondary N) is 1. The van der Waals surface area contributed by atoms with E-state index < -0.39 is 0 Å². The lowest BCUT2D eigenvalue weighted by atomic mass is 9.61. The largest absolute Gasteiger partial charge is 0.382 e. The fraction of sp³-hybridized carbons (Fsp3) is 0.455. The quantitative estimate of drug-likeness (QED) is 0.709. The van der Waals surface area contributed by atoms with Gasteiger partial charge in [-0.1, -0.05) is 57.2 Å². The fourth-order valence-electron chi connectivity index (χ4n) is 4.82. The van der Waals surface area contributed by atoms with Crippen LogP contribution in [0.1, 0.15) is 45.6 Å². The summed E-state index contributed by atoms with van der Waals surface area (Å²) in [6.45, 7) is 7.34. The number of rotatable bonds is 2. The van der Waals surface area contributed by atoms with Crippen molar-refractivity contribution in [2.45, 2.75) is 61.1 Å². The van der Waals surface area contributed by atoms with Crippen molar-refractivity contribution in [3.05, 3.63) is 60.2 Å². The summed E-state index contributed by atoms with van der Waals surface area (Å²) in [4.78, 5) is 1.40. The Bertz CT molecular complexity index is 724. The lowest BCUT2D eigenvalue weighted by Crippen LogP contribution is -2.52. The van der Waals surface area contributed by atoms with Crippen LogP contribution in [0, 0.1) is 5.92 Å². The van der Waals surface area contributed by atoms with Gasteiger partial charge in [-0.15, -0.1) is 11.8 Å². The number of anilines is 1. The van der Waals surface area contributed by atoms with Crippen LogP contribution in [-0.2, 0) is 5.41 Å². The van der Waals surface area contributed by atoms with E-state index in [1.54, 1.807) is 0 Å². The topological polar surface area (TPSA) is 12.0 Å².